The van der Waals surface area contributed by atoms with Crippen molar-refractivity contribution in [2.75, 3.05) is 7.11 Å². The summed E-state index contributed by atoms with van der Waals surface area (Å²) in [5, 5.41) is 0. The Morgan fingerprint density at radius 2 is 1.73 bits per heavy atom. The lowest BCUT2D eigenvalue weighted by Gasteiger charge is -2.18. The van der Waals surface area contributed by atoms with E-state index in [9.17, 15) is 9.59 Å². The molecule has 1 heterocycles. The van der Waals surface area contributed by atoms with E-state index in [-0.39, 0.29) is 0 Å². The van der Waals surface area contributed by atoms with Crippen LogP contribution in [0.1, 0.15) is 22.8 Å². The van der Waals surface area contributed by atoms with Crippen molar-refractivity contribution in [3.05, 3.63) is 59.7 Å². The van der Waals surface area contributed by atoms with Gasteiger partial charge in [-0.05, 0) is 30.3 Å². The number of carbonyl (C=O) groups excluding carboxylic acids is 2. The van der Waals surface area contributed by atoms with Crippen LogP contribution < -0.4 is 9.47 Å². The van der Waals surface area contributed by atoms with E-state index in [1.54, 1.807) is 0 Å². The van der Waals surface area contributed by atoms with Crippen LogP contribution in [0.3, 0.4) is 0 Å². The largest absolute Gasteiger partial charge is 0.488 e. The number of ether oxygens (including phenoxy) is 3. The Balaban J connectivity index is 0.000000183. The number of carbonyl (C=O) groups is 2. The summed E-state index contributed by atoms with van der Waals surface area (Å²) in [5.74, 6) is 0.646. The molecule has 3 rings (SSSR count). The SMILES string of the molecule is COC(=O)c1ccc(OC(C)=O)cc1.c1ccc2c(c1)CO2. The van der Waals surface area contributed by atoms with Gasteiger partial charge in [0.05, 0.1) is 12.7 Å². The molecule has 1 aliphatic heterocycles. The molecule has 0 bridgehead atoms. The van der Waals surface area contributed by atoms with Gasteiger partial charge in [0.25, 0.3) is 0 Å². The second kappa shape index (κ2) is 7.26. The summed E-state index contributed by atoms with van der Waals surface area (Å²) in [6, 6.07) is 14.2. The first-order chi connectivity index (χ1) is 10.6. The molecule has 22 heavy (non-hydrogen) atoms. The molecule has 1 aliphatic rings. The van der Waals surface area contributed by atoms with Gasteiger partial charge in [-0.3, -0.25) is 4.79 Å². The standard InChI is InChI=1S/C10H10O4.C7H6O/c1-7(11)14-9-5-3-8(4-6-9)10(12)13-2;1-2-4-7-6(3-1)5-8-7/h3-6H,1-2H3;1-4H,5H2. The summed E-state index contributed by atoms with van der Waals surface area (Å²) in [6.07, 6.45) is 0. The quantitative estimate of drug-likeness (QED) is 0.630. The van der Waals surface area contributed by atoms with Crippen molar-refractivity contribution < 1.29 is 23.8 Å². The number of rotatable bonds is 2. The molecule has 0 aliphatic carbocycles. The summed E-state index contributed by atoms with van der Waals surface area (Å²) in [4.78, 5) is 21.6. The van der Waals surface area contributed by atoms with Crippen LogP contribution in [-0.2, 0) is 16.1 Å². The van der Waals surface area contributed by atoms with Gasteiger partial charge in [-0.1, -0.05) is 18.2 Å². The number of para-hydroxylation sites is 1. The number of methoxy groups -OCH3 is 1. The van der Waals surface area contributed by atoms with Crippen molar-refractivity contribution in [1.82, 2.24) is 0 Å². The summed E-state index contributed by atoms with van der Waals surface area (Å²) in [7, 11) is 1.31. The van der Waals surface area contributed by atoms with E-state index in [0.29, 0.717) is 11.3 Å². The molecule has 0 aromatic heterocycles. The molecule has 5 heteroatoms. The second-order valence-electron chi connectivity index (χ2n) is 4.51. The Labute approximate surface area is 128 Å². The third-order valence-corrected chi connectivity index (χ3v) is 2.89. The minimum Gasteiger partial charge on any atom is -0.488 e. The smallest absolute Gasteiger partial charge is 0.337 e. The van der Waals surface area contributed by atoms with Crippen LogP contribution in [0.5, 0.6) is 11.5 Å². The van der Waals surface area contributed by atoms with Gasteiger partial charge in [0, 0.05) is 12.5 Å². The lowest BCUT2D eigenvalue weighted by molar-refractivity contribution is -0.131. The molecule has 0 saturated heterocycles. The Morgan fingerprint density at radius 3 is 2.14 bits per heavy atom. The monoisotopic (exact) mass is 300 g/mol. The maximum atomic E-state index is 11.0. The number of hydrogen-bond donors (Lipinski definition) is 0. The number of esters is 2. The van der Waals surface area contributed by atoms with E-state index in [1.807, 2.05) is 18.2 Å². The van der Waals surface area contributed by atoms with E-state index >= 15 is 0 Å². The summed E-state index contributed by atoms with van der Waals surface area (Å²) < 4.78 is 14.4. The van der Waals surface area contributed by atoms with Gasteiger partial charge in [-0.2, -0.15) is 0 Å². The van der Waals surface area contributed by atoms with E-state index in [4.69, 9.17) is 9.47 Å². The minimum absolute atomic E-state index is 0.393. The Morgan fingerprint density at radius 1 is 1.05 bits per heavy atom. The molecule has 0 fully saturated rings. The maximum absolute atomic E-state index is 11.0. The van der Waals surface area contributed by atoms with Gasteiger partial charge in [-0.15, -0.1) is 0 Å². The van der Waals surface area contributed by atoms with Crippen molar-refractivity contribution in [2.24, 2.45) is 0 Å². The molecule has 0 spiro atoms. The molecular weight excluding hydrogens is 284 g/mol. The zero-order chi connectivity index (χ0) is 15.9. The highest BCUT2D eigenvalue weighted by Gasteiger charge is 2.10. The normalized spacial score (nSPS) is 10.8. The predicted octanol–water partition coefficient (Wildman–Crippen LogP) is 2.98. The van der Waals surface area contributed by atoms with Crippen molar-refractivity contribution in [2.45, 2.75) is 13.5 Å². The summed E-state index contributed by atoms with van der Waals surface area (Å²) in [5.41, 5.74) is 1.75. The minimum atomic E-state index is -0.417. The van der Waals surface area contributed by atoms with Crippen molar-refractivity contribution in [3.63, 3.8) is 0 Å². The molecule has 0 radical (unpaired) electrons. The first-order valence-electron chi connectivity index (χ1n) is 6.67. The summed E-state index contributed by atoms with van der Waals surface area (Å²) >= 11 is 0. The first kappa shape index (κ1) is 15.6. The van der Waals surface area contributed by atoms with E-state index in [0.717, 1.165) is 12.4 Å². The van der Waals surface area contributed by atoms with Crippen LogP contribution in [0.25, 0.3) is 0 Å². The maximum Gasteiger partial charge on any atom is 0.337 e. The Bertz CT molecular complexity index is 638. The second-order valence-corrected chi connectivity index (χ2v) is 4.51. The van der Waals surface area contributed by atoms with Crippen LogP contribution in [0.2, 0.25) is 0 Å². The molecule has 0 atom stereocenters. The van der Waals surface area contributed by atoms with Gasteiger partial charge in [0.15, 0.2) is 0 Å². The highest BCUT2D eigenvalue weighted by Crippen LogP contribution is 2.27. The van der Waals surface area contributed by atoms with Crippen molar-refractivity contribution >= 4 is 11.9 Å². The Kier molecular flexibility index (Phi) is 5.14. The highest BCUT2D eigenvalue weighted by molar-refractivity contribution is 5.89. The number of hydrogen-bond acceptors (Lipinski definition) is 5. The molecule has 2 aromatic rings. The predicted molar refractivity (Wildman–Crippen MR) is 79.9 cm³/mol. The number of fused-ring (bicyclic) bond motifs is 1. The zero-order valence-electron chi connectivity index (χ0n) is 12.4. The molecular formula is C17H16O5. The van der Waals surface area contributed by atoms with Gasteiger partial charge < -0.3 is 14.2 Å². The highest BCUT2D eigenvalue weighted by atomic mass is 16.5. The average molecular weight is 300 g/mol. The zero-order valence-corrected chi connectivity index (χ0v) is 12.4. The first-order valence-corrected chi connectivity index (χ1v) is 6.67. The molecule has 0 N–H and O–H groups in total. The van der Waals surface area contributed by atoms with Gasteiger partial charge in [0.1, 0.15) is 18.1 Å². The van der Waals surface area contributed by atoms with E-state index in [1.165, 1.54) is 43.9 Å². The van der Waals surface area contributed by atoms with Gasteiger partial charge >= 0.3 is 11.9 Å². The molecule has 0 unspecified atom stereocenters. The molecule has 114 valence electrons. The molecule has 2 aromatic carbocycles. The van der Waals surface area contributed by atoms with Crippen LogP contribution in [0, 0.1) is 0 Å². The Hall–Kier alpha value is -2.82. The lowest BCUT2D eigenvalue weighted by Crippen LogP contribution is -2.07. The fraction of sp³-hybridized carbons (Fsp3) is 0.176. The van der Waals surface area contributed by atoms with Gasteiger partial charge in [-0.25, -0.2) is 4.79 Å². The fourth-order valence-electron chi connectivity index (χ4n) is 1.78. The average Bonchev–Trinajstić information content (AvgIpc) is 2.49. The molecule has 0 amide bonds. The van der Waals surface area contributed by atoms with Crippen LogP contribution in [0.4, 0.5) is 0 Å². The van der Waals surface area contributed by atoms with Crippen LogP contribution in [0.15, 0.2) is 48.5 Å². The van der Waals surface area contributed by atoms with E-state index in [2.05, 4.69) is 10.8 Å². The van der Waals surface area contributed by atoms with Crippen molar-refractivity contribution in [1.29, 1.82) is 0 Å². The topological polar surface area (TPSA) is 61.8 Å². The molecule has 5 nitrogen and oxygen atoms in total. The lowest BCUT2D eigenvalue weighted by atomic mass is 10.1. The number of benzene rings is 2. The molecule has 0 saturated carbocycles. The van der Waals surface area contributed by atoms with Crippen LogP contribution >= 0.6 is 0 Å². The van der Waals surface area contributed by atoms with Crippen molar-refractivity contribution in [3.8, 4) is 11.5 Å². The van der Waals surface area contributed by atoms with Gasteiger partial charge in [0.2, 0.25) is 0 Å². The third kappa shape index (κ3) is 4.09. The van der Waals surface area contributed by atoms with E-state index < -0.39 is 11.9 Å². The third-order valence-electron chi connectivity index (χ3n) is 2.89. The fourth-order valence-corrected chi connectivity index (χ4v) is 1.78. The summed E-state index contributed by atoms with van der Waals surface area (Å²) in [6.45, 7) is 2.12. The van der Waals surface area contributed by atoms with Crippen LogP contribution in [-0.4, -0.2) is 19.0 Å².